The van der Waals surface area contributed by atoms with Gasteiger partial charge in [0.2, 0.25) is 0 Å². The molecule has 19 heavy (non-hydrogen) atoms. The lowest BCUT2D eigenvalue weighted by atomic mass is 10.2. The van der Waals surface area contributed by atoms with E-state index >= 15 is 0 Å². The summed E-state index contributed by atoms with van der Waals surface area (Å²) in [6.07, 6.45) is 1.02. The fraction of sp³-hybridized carbons (Fsp3) is 0.364. The third kappa shape index (κ3) is 4.99. The quantitative estimate of drug-likeness (QED) is 0.824. The van der Waals surface area contributed by atoms with Crippen molar-refractivity contribution in [2.24, 2.45) is 0 Å². The summed E-state index contributed by atoms with van der Waals surface area (Å²) < 4.78 is 45.7. The lowest BCUT2D eigenvalue weighted by Gasteiger charge is -2.05. The van der Waals surface area contributed by atoms with Crippen LogP contribution >= 0.6 is 0 Å². The molecule has 0 aliphatic heterocycles. The molecule has 1 aromatic carbocycles. The zero-order valence-corrected chi connectivity index (χ0v) is 11.9. The van der Waals surface area contributed by atoms with Crippen LogP contribution in [-0.2, 0) is 19.7 Å². The molecule has 8 heteroatoms. The van der Waals surface area contributed by atoms with Crippen LogP contribution in [0.3, 0.4) is 0 Å². The largest absolute Gasteiger partial charge is 0.478 e. The Bertz CT molecular complexity index is 673. The molecule has 1 rings (SSSR count). The molecule has 0 amide bonds. The number of rotatable bonds is 6. The van der Waals surface area contributed by atoms with Crippen molar-refractivity contribution in [1.29, 1.82) is 0 Å². The number of sulfone groups is 2. The fourth-order valence-corrected chi connectivity index (χ4v) is 3.66. The molecule has 0 unspecified atom stereocenters. The van der Waals surface area contributed by atoms with Gasteiger partial charge in [0, 0.05) is 6.26 Å². The maximum atomic E-state index is 11.9. The number of carboxylic acid groups (broad SMARTS) is 1. The number of aromatic carboxylic acids is 1. The summed E-state index contributed by atoms with van der Waals surface area (Å²) in [7, 11) is -6.88. The fourth-order valence-electron chi connectivity index (χ4n) is 1.45. The predicted molar refractivity (Wildman–Crippen MR) is 69.8 cm³/mol. The van der Waals surface area contributed by atoms with E-state index in [0.717, 1.165) is 12.3 Å². The van der Waals surface area contributed by atoms with Crippen LogP contribution in [0.25, 0.3) is 0 Å². The van der Waals surface area contributed by atoms with Crippen molar-refractivity contribution in [3.63, 3.8) is 0 Å². The van der Waals surface area contributed by atoms with Gasteiger partial charge in [0.05, 0.1) is 22.0 Å². The molecule has 0 aliphatic rings. The van der Waals surface area contributed by atoms with Gasteiger partial charge in [-0.3, -0.25) is 0 Å². The van der Waals surface area contributed by atoms with E-state index in [1.54, 1.807) is 0 Å². The van der Waals surface area contributed by atoms with Crippen molar-refractivity contribution >= 4 is 25.6 Å². The highest BCUT2D eigenvalue weighted by Gasteiger charge is 2.17. The minimum Gasteiger partial charge on any atom is -0.478 e. The van der Waals surface area contributed by atoms with E-state index in [4.69, 9.17) is 5.11 Å². The molecular formula is C11H14O6S2. The van der Waals surface area contributed by atoms with Gasteiger partial charge in [-0.25, -0.2) is 21.6 Å². The molecule has 0 spiro atoms. The van der Waals surface area contributed by atoms with Gasteiger partial charge in [0.1, 0.15) is 9.84 Å². The van der Waals surface area contributed by atoms with E-state index in [-0.39, 0.29) is 28.4 Å². The second-order valence-corrected chi connectivity index (χ2v) is 8.50. The molecular weight excluding hydrogens is 292 g/mol. The third-order valence-electron chi connectivity index (χ3n) is 2.37. The van der Waals surface area contributed by atoms with Crippen molar-refractivity contribution in [3.8, 4) is 0 Å². The minimum atomic E-state index is -3.67. The molecule has 1 aromatic rings. The highest BCUT2D eigenvalue weighted by molar-refractivity contribution is 7.92. The number of benzene rings is 1. The Labute approximate surface area is 111 Å². The highest BCUT2D eigenvalue weighted by Crippen LogP contribution is 2.14. The predicted octanol–water partition coefficient (Wildman–Crippen LogP) is 0.593. The van der Waals surface area contributed by atoms with Crippen LogP contribution in [0.1, 0.15) is 16.8 Å². The molecule has 0 bridgehead atoms. The summed E-state index contributed by atoms with van der Waals surface area (Å²) in [5.74, 6) is -1.76. The lowest BCUT2D eigenvalue weighted by Crippen LogP contribution is -2.12. The molecule has 0 saturated carbocycles. The van der Waals surface area contributed by atoms with Crippen LogP contribution in [0, 0.1) is 0 Å². The Kier molecular flexibility index (Phi) is 4.70. The molecule has 0 aromatic heterocycles. The Morgan fingerprint density at radius 3 is 2.32 bits per heavy atom. The Morgan fingerprint density at radius 1 is 1.16 bits per heavy atom. The van der Waals surface area contributed by atoms with Crippen molar-refractivity contribution in [1.82, 2.24) is 0 Å². The number of carboxylic acids is 1. The number of hydrogen-bond donors (Lipinski definition) is 1. The topological polar surface area (TPSA) is 106 Å². The van der Waals surface area contributed by atoms with Crippen molar-refractivity contribution in [3.05, 3.63) is 29.8 Å². The van der Waals surface area contributed by atoms with Crippen LogP contribution in [0.15, 0.2) is 29.2 Å². The summed E-state index contributed by atoms with van der Waals surface area (Å²) in [6, 6.07) is 4.99. The number of carbonyl (C=O) groups is 1. The zero-order valence-electron chi connectivity index (χ0n) is 10.2. The Hall–Kier alpha value is -1.41. The first-order valence-corrected chi connectivity index (χ1v) is 9.07. The second-order valence-electron chi connectivity index (χ2n) is 4.14. The van der Waals surface area contributed by atoms with Gasteiger partial charge in [-0.2, -0.15) is 0 Å². The molecule has 0 heterocycles. The first-order valence-electron chi connectivity index (χ1n) is 5.36. The maximum Gasteiger partial charge on any atom is 0.335 e. The van der Waals surface area contributed by atoms with Gasteiger partial charge in [0.15, 0.2) is 9.84 Å². The van der Waals surface area contributed by atoms with E-state index in [2.05, 4.69) is 0 Å². The molecule has 106 valence electrons. The summed E-state index contributed by atoms with van der Waals surface area (Å²) in [5.41, 5.74) is -0.121. The molecule has 0 saturated heterocycles. The summed E-state index contributed by atoms with van der Waals surface area (Å²) in [4.78, 5) is 10.6. The van der Waals surface area contributed by atoms with Crippen LogP contribution in [0.4, 0.5) is 0 Å². The van der Waals surface area contributed by atoms with Gasteiger partial charge in [-0.05, 0) is 24.6 Å². The van der Waals surface area contributed by atoms with E-state index in [9.17, 15) is 21.6 Å². The second kappa shape index (κ2) is 5.70. The smallest absolute Gasteiger partial charge is 0.335 e. The summed E-state index contributed by atoms with van der Waals surface area (Å²) >= 11 is 0. The monoisotopic (exact) mass is 306 g/mol. The summed E-state index contributed by atoms with van der Waals surface area (Å²) in [5, 5.41) is 8.78. The van der Waals surface area contributed by atoms with Crippen LogP contribution in [-0.4, -0.2) is 45.7 Å². The third-order valence-corrected chi connectivity index (χ3v) is 5.20. The minimum absolute atomic E-state index is 0.0154. The SMILES string of the molecule is CS(=O)(=O)CCCS(=O)(=O)c1cccc(C(=O)O)c1. The molecule has 1 N–H and O–H groups in total. The standard InChI is InChI=1S/C11H14O6S2/c1-18(14,15)6-3-7-19(16,17)10-5-2-4-9(8-10)11(12)13/h2,4-5,8H,3,6-7H2,1H3,(H,12,13). The van der Waals surface area contributed by atoms with Crippen molar-refractivity contribution in [2.75, 3.05) is 17.8 Å². The Morgan fingerprint density at radius 2 is 1.79 bits per heavy atom. The maximum absolute atomic E-state index is 11.9. The van der Waals surface area contributed by atoms with E-state index in [0.29, 0.717) is 0 Å². The van der Waals surface area contributed by atoms with Gasteiger partial charge in [-0.15, -0.1) is 0 Å². The average Bonchev–Trinajstić information content (AvgIpc) is 2.27. The summed E-state index contributed by atoms with van der Waals surface area (Å²) in [6.45, 7) is 0. The number of hydrogen-bond acceptors (Lipinski definition) is 5. The first kappa shape index (κ1) is 15.6. The van der Waals surface area contributed by atoms with Crippen molar-refractivity contribution < 1.29 is 26.7 Å². The molecule has 0 radical (unpaired) electrons. The van der Waals surface area contributed by atoms with E-state index in [1.165, 1.54) is 18.2 Å². The van der Waals surface area contributed by atoms with Gasteiger partial charge in [0.25, 0.3) is 0 Å². The first-order chi connectivity index (χ1) is 8.62. The molecule has 0 atom stereocenters. The average molecular weight is 306 g/mol. The van der Waals surface area contributed by atoms with Crippen molar-refractivity contribution in [2.45, 2.75) is 11.3 Å². The lowest BCUT2D eigenvalue weighted by molar-refractivity contribution is 0.0696. The normalized spacial score (nSPS) is 12.3. The molecule has 6 nitrogen and oxygen atoms in total. The highest BCUT2D eigenvalue weighted by atomic mass is 32.2. The van der Waals surface area contributed by atoms with Gasteiger partial charge in [-0.1, -0.05) is 6.07 Å². The van der Waals surface area contributed by atoms with Crippen LogP contribution < -0.4 is 0 Å². The Balaban J connectivity index is 2.89. The van der Waals surface area contributed by atoms with Crippen LogP contribution in [0.5, 0.6) is 0 Å². The van der Waals surface area contributed by atoms with E-state index < -0.39 is 25.6 Å². The van der Waals surface area contributed by atoms with Gasteiger partial charge >= 0.3 is 5.97 Å². The van der Waals surface area contributed by atoms with Gasteiger partial charge < -0.3 is 5.11 Å². The molecule has 0 aliphatic carbocycles. The van der Waals surface area contributed by atoms with E-state index in [1.807, 2.05) is 0 Å². The zero-order chi connectivity index (χ0) is 14.7. The molecule has 0 fully saturated rings. The van der Waals surface area contributed by atoms with Crippen LogP contribution in [0.2, 0.25) is 0 Å².